The fourth-order valence-electron chi connectivity index (χ4n) is 4.09. The van der Waals surface area contributed by atoms with E-state index in [-0.39, 0.29) is 33.7 Å². The highest BCUT2D eigenvalue weighted by Gasteiger charge is 2.27. The molecule has 0 saturated carbocycles. The summed E-state index contributed by atoms with van der Waals surface area (Å²) in [5, 5.41) is 12.3. The summed E-state index contributed by atoms with van der Waals surface area (Å²) in [7, 11) is -2.55. The van der Waals surface area contributed by atoms with E-state index in [0.29, 0.717) is 16.5 Å². The van der Waals surface area contributed by atoms with Gasteiger partial charge in [-0.15, -0.1) is 0 Å². The maximum Gasteiger partial charge on any atom is 0.335 e. The molecule has 0 saturated heterocycles. The van der Waals surface area contributed by atoms with Crippen molar-refractivity contribution in [1.82, 2.24) is 5.32 Å². The summed E-state index contributed by atoms with van der Waals surface area (Å²) in [5.74, 6) is -2.08. The Labute approximate surface area is 211 Å². The second kappa shape index (κ2) is 10.0. The third kappa shape index (κ3) is 5.03. The summed E-state index contributed by atoms with van der Waals surface area (Å²) in [6.07, 6.45) is 0.923. The zero-order chi connectivity index (χ0) is 26.9. The SMILES string of the molecule is CNC(=O)c1c(-c2ccc(F)cc2)oc2cc(N(CCF)S(C)(=O)=O)c(-c3cccc(C(=O)O)c3)cc12. The maximum absolute atomic E-state index is 13.5. The van der Waals surface area contributed by atoms with Gasteiger partial charge in [0.25, 0.3) is 5.91 Å². The van der Waals surface area contributed by atoms with Crippen molar-refractivity contribution in [2.45, 2.75) is 0 Å². The van der Waals surface area contributed by atoms with E-state index in [4.69, 9.17) is 4.42 Å². The number of aromatic carboxylic acids is 1. The van der Waals surface area contributed by atoms with Gasteiger partial charge in [0.15, 0.2) is 0 Å². The van der Waals surface area contributed by atoms with Crippen molar-refractivity contribution in [2.24, 2.45) is 0 Å². The first-order valence-corrected chi connectivity index (χ1v) is 12.9. The number of anilines is 1. The Bertz CT molecular complexity index is 1610. The lowest BCUT2D eigenvalue weighted by Gasteiger charge is -2.24. The van der Waals surface area contributed by atoms with Gasteiger partial charge in [0.05, 0.1) is 29.6 Å². The van der Waals surface area contributed by atoms with Crippen LogP contribution in [0.15, 0.2) is 65.1 Å². The average Bonchev–Trinajstić information content (AvgIpc) is 3.24. The van der Waals surface area contributed by atoms with Gasteiger partial charge in [0.1, 0.15) is 23.8 Å². The number of sulfonamides is 1. The van der Waals surface area contributed by atoms with Crippen LogP contribution in [0.5, 0.6) is 0 Å². The predicted octanol–water partition coefficient (Wildman–Crippen LogP) is 4.70. The highest BCUT2D eigenvalue weighted by Crippen LogP contribution is 2.41. The minimum absolute atomic E-state index is 0.0399. The van der Waals surface area contributed by atoms with E-state index in [1.54, 1.807) is 6.07 Å². The van der Waals surface area contributed by atoms with Crippen molar-refractivity contribution >= 4 is 38.6 Å². The molecule has 4 rings (SSSR count). The minimum atomic E-state index is -3.97. The van der Waals surface area contributed by atoms with Gasteiger partial charge in [0, 0.05) is 29.6 Å². The first-order chi connectivity index (χ1) is 17.5. The third-order valence-corrected chi connectivity index (χ3v) is 6.92. The number of carbonyl (C=O) groups excluding carboxylic acids is 1. The molecule has 8 nitrogen and oxygen atoms in total. The number of carboxylic acids is 1. The van der Waals surface area contributed by atoms with Crippen LogP contribution in [0.1, 0.15) is 20.7 Å². The number of alkyl halides is 1. The summed E-state index contributed by atoms with van der Waals surface area (Å²) in [6, 6.07) is 13.9. The van der Waals surface area contributed by atoms with Crippen LogP contribution in [-0.4, -0.2) is 51.9 Å². The largest absolute Gasteiger partial charge is 0.478 e. The van der Waals surface area contributed by atoms with Crippen LogP contribution in [0, 0.1) is 5.82 Å². The lowest BCUT2D eigenvalue weighted by atomic mass is 9.97. The smallest absolute Gasteiger partial charge is 0.335 e. The maximum atomic E-state index is 13.5. The number of hydrogen-bond acceptors (Lipinski definition) is 5. The molecule has 0 spiro atoms. The summed E-state index contributed by atoms with van der Waals surface area (Å²) in [6.45, 7) is -1.48. The number of rotatable bonds is 8. The molecule has 3 aromatic carbocycles. The average molecular weight is 529 g/mol. The molecule has 1 amide bonds. The number of nitrogens with one attached hydrogen (secondary N) is 1. The molecule has 192 valence electrons. The van der Waals surface area contributed by atoms with Gasteiger partial charge in [-0.05, 0) is 48.0 Å². The molecule has 0 bridgehead atoms. The van der Waals surface area contributed by atoms with Gasteiger partial charge in [-0.2, -0.15) is 0 Å². The van der Waals surface area contributed by atoms with E-state index in [2.05, 4.69) is 5.32 Å². The molecule has 11 heteroatoms. The second-order valence-electron chi connectivity index (χ2n) is 8.17. The molecule has 4 aromatic rings. The Balaban J connectivity index is 2.11. The van der Waals surface area contributed by atoms with Gasteiger partial charge in [-0.25, -0.2) is 22.0 Å². The van der Waals surface area contributed by atoms with Crippen LogP contribution in [-0.2, 0) is 10.0 Å². The van der Waals surface area contributed by atoms with E-state index < -0.39 is 40.9 Å². The van der Waals surface area contributed by atoms with Crippen LogP contribution in [0.4, 0.5) is 14.5 Å². The van der Waals surface area contributed by atoms with Crippen LogP contribution in [0.25, 0.3) is 33.4 Å². The predicted molar refractivity (Wildman–Crippen MR) is 136 cm³/mol. The van der Waals surface area contributed by atoms with E-state index in [9.17, 15) is 31.9 Å². The van der Waals surface area contributed by atoms with Crippen molar-refractivity contribution in [3.8, 4) is 22.5 Å². The van der Waals surface area contributed by atoms with Crippen LogP contribution in [0.2, 0.25) is 0 Å². The van der Waals surface area contributed by atoms with Gasteiger partial charge in [0.2, 0.25) is 10.0 Å². The lowest BCUT2D eigenvalue weighted by molar-refractivity contribution is 0.0696. The van der Waals surface area contributed by atoms with Crippen LogP contribution < -0.4 is 9.62 Å². The number of hydrogen-bond donors (Lipinski definition) is 2. The Morgan fingerprint density at radius 3 is 2.35 bits per heavy atom. The van der Waals surface area contributed by atoms with Gasteiger partial charge in [-0.3, -0.25) is 9.10 Å². The molecule has 2 N–H and O–H groups in total. The van der Waals surface area contributed by atoms with Crippen molar-refractivity contribution in [2.75, 3.05) is 30.8 Å². The molecule has 0 radical (unpaired) electrons. The molecular formula is C26H22F2N2O6S. The Morgan fingerprint density at radius 1 is 1.05 bits per heavy atom. The summed E-state index contributed by atoms with van der Waals surface area (Å²) < 4.78 is 59.1. The van der Waals surface area contributed by atoms with Crippen LogP contribution in [0.3, 0.4) is 0 Å². The van der Waals surface area contributed by atoms with Gasteiger partial charge in [-0.1, -0.05) is 12.1 Å². The number of carbonyl (C=O) groups is 2. The van der Waals surface area contributed by atoms with Crippen molar-refractivity contribution < 1.29 is 36.3 Å². The number of amides is 1. The number of carboxylic acid groups (broad SMARTS) is 1. The van der Waals surface area contributed by atoms with E-state index in [0.717, 1.165) is 10.6 Å². The standard InChI is InChI=1S/C26H22F2N2O6S/c1-29-25(31)23-20-13-19(16-4-3-5-17(12-16)26(32)33)21(30(11-10-27)37(2,34)35)14-22(20)36-24(23)15-6-8-18(28)9-7-15/h3-9,12-14H,10-11H2,1-2H3,(H,29,31)(H,32,33). The first kappa shape index (κ1) is 25.8. The molecule has 0 unspecified atom stereocenters. The van der Waals surface area contributed by atoms with Crippen LogP contribution >= 0.6 is 0 Å². The topological polar surface area (TPSA) is 117 Å². The summed E-state index contributed by atoms with van der Waals surface area (Å²) >= 11 is 0. The highest BCUT2D eigenvalue weighted by atomic mass is 32.2. The quantitative estimate of drug-likeness (QED) is 0.343. The second-order valence-corrected chi connectivity index (χ2v) is 10.1. The molecule has 0 fully saturated rings. The number of furan rings is 1. The lowest BCUT2D eigenvalue weighted by Crippen LogP contribution is -2.32. The molecule has 1 aromatic heterocycles. The van der Waals surface area contributed by atoms with Gasteiger partial charge >= 0.3 is 5.97 Å². The monoisotopic (exact) mass is 528 g/mol. The van der Waals surface area contributed by atoms with Crippen molar-refractivity contribution in [1.29, 1.82) is 0 Å². The Morgan fingerprint density at radius 2 is 1.76 bits per heavy atom. The molecule has 0 aliphatic heterocycles. The molecule has 0 atom stereocenters. The normalized spacial score (nSPS) is 11.5. The minimum Gasteiger partial charge on any atom is -0.478 e. The highest BCUT2D eigenvalue weighted by molar-refractivity contribution is 7.92. The Kier molecular flexibility index (Phi) is 6.99. The molecule has 1 heterocycles. The third-order valence-electron chi connectivity index (χ3n) is 5.74. The fraction of sp³-hybridized carbons (Fsp3) is 0.154. The zero-order valence-corrected chi connectivity index (χ0v) is 20.6. The van der Waals surface area contributed by atoms with Gasteiger partial charge < -0.3 is 14.8 Å². The Hall–Kier alpha value is -4.25. The fourth-order valence-corrected chi connectivity index (χ4v) is 5.00. The first-order valence-electron chi connectivity index (χ1n) is 11.0. The number of halogens is 2. The number of nitrogens with zero attached hydrogens (tertiary/aromatic N) is 1. The van der Waals surface area contributed by atoms with Crippen molar-refractivity contribution in [3.63, 3.8) is 0 Å². The molecule has 37 heavy (non-hydrogen) atoms. The van der Waals surface area contributed by atoms with E-state index >= 15 is 0 Å². The molecule has 0 aliphatic carbocycles. The van der Waals surface area contributed by atoms with Crippen molar-refractivity contribution in [3.05, 3.63) is 77.6 Å². The zero-order valence-electron chi connectivity index (χ0n) is 19.8. The molecule has 0 aliphatic rings. The summed E-state index contributed by atoms with van der Waals surface area (Å²) in [5.41, 5.74) is 1.20. The van der Waals surface area contributed by atoms with E-state index in [1.807, 2.05) is 0 Å². The van der Waals surface area contributed by atoms with E-state index in [1.165, 1.54) is 61.6 Å². The number of benzene rings is 3. The summed E-state index contributed by atoms with van der Waals surface area (Å²) in [4.78, 5) is 24.5. The molecular weight excluding hydrogens is 506 g/mol. The number of fused-ring (bicyclic) bond motifs is 1.